The number of hydrogen-bond acceptors (Lipinski definition) is 7. The van der Waals surface area contributed by atoms with Crippen molar-refractivity contribution in [1.82, 2.24) is 0 Å². The lowest BCUT2D eigenvalue weighted by Gasteiger charge is -2.25. The van der Waals surface area contributed by atoms with E-state index in [1.54, 1.807) is 0 Å². The third-order valence-corrected chi connectivity index (χ3v) is 16.3. The van der Waals surface area contributed by atoms with Crippen molar-refractivity contribution in [3.8, 4) is 0 Å². The lowest BCUT2D eigenvalue weighted by atomic mass is 10.0. The Labute approximate surface area is 584 Å². The quantitative estimate of drug-likeness (QED) is 0.0211. The van der Waals surface area contributed by atoms with E-state index >= 15 is 0 Å². The number of allylic oxidation sites excluding steroid dienone is 26. The van der Waals surface area contributed by atoms with Crippen LogP contribution in [-0.4, -0.2) is 87.4 Å². The molecule has 2 unspecified atom stereocenters. The summed E-state index contributed by atoms with van der Waals surface area (Å²) in [5, 5.41) is 9.77. The van der Waals surface area contributed by atoms with E-state index in [9.17, 15) is 19.5 Å². The summed E-state index contributed by atoms with van der Waals surface area (Å²) in [6.45, 7) is 4.66. The van der Waals surface area contributed by atoms with E-state index in [1.165, 1.54) is 161 Å². The number of hydrogen-bond donors (Lipinski definition) is 1. The maximum Gasteiger partial charge on any atom is 0.361 e. The van der Waals surface area contributed by atoms with Crippen LogP contribution in [-0.2, 0) is 33.3 Å². The molecule has 0 saturated heterocycles. The van der Waals surface area contributed by atoms with Gasteiger partial charge in [-0.15, -0.1) is 0 Å². The Bertz CT molecular complexity index is 2130. The highest BCUT2D eigenvalue weighted by molar-refractivity contribution is 5.71. The van der Waals surface area contributed by atoms with E-state index in [0.29, 0.717) is 23.9 Å². The van der Waals surface area contributed by atoms with Gasteiger partial charge >= 0.3 is 17.9 Å². The number of carboxylic acids is 1. The lowest BCUT2D eigenvalue weighted by Crippen LogP contribution is -2.40. The predicted octanol–water partition coefficient (Wildman–Crippen LogP) is 24.8. The first kappa shape index (κ1) is 89.9. The Morgan fingerprint density at radius 2 is 0.568 bits per heavy atom. The van der Waals surface area contributed by atoms with Crippen molar-refractivity contribution in [2.45, 2.75) is 322 Å². The molecule has 0 aromatic carbocycles. The molecule has 2 atom stereocenters. The number of esters is 2. The highest BCUT2D eigenvalue weighted by Gasteiger charge is 2.25. The molecule has 0 aliphatic carbocycles. The van der Waals surface area contributed by atoms with E-state index in [0.717, 1.165) is 116 Å². The van der Waals surface area contributed by atoms with Gasteiger partial charge in [0.15, 0.2) is 6.10 Å². The fraction of sp³-hybridized carbons (Fsp3) is 0.663. The molecule has 0 saturated carbocycles. The van der Waals surface area contributed by atoms with Crippen molar-refractivity contribution in [3.63, 3.8) is 0 Å². The van der Waals surface area contributed by atoms with E-state index in [1.807, 2.05) is 21.1 Å². The standard InChI is InChI=1S/C86H143NO8/c1-6-8-10-12-14-16-18-20-22-24-26-28-30-32-34-36-37-38-39-40-41-42-43-44-45-46-47-49-51-53-55-57-59-61-63-65-67-69-71-73-75-77-84(89)95-82(81-94-86(85(90)91)92-79-78-87(3,4)5)80-93-83(88)76-74-72-70-68-66-64-62-60-58-56-54-52-50-48-35-33-31-29-27-25-23-21-19-17-15-13-11-9-7-2/h8-11,14-17,20-23,26-29,32-35,37-38,40-41,43-44,82,86H,6-7,12-13,18-19,24-25,30-31,36,39,42,45-81H2,1-5H3/p+1/b10-8-,11-9-,16-14-,17-15-,22-20-,23-21-,28-26-,29-27-,34-32-,35-33-,38-37-,41-40-,44-43-. The van der Waals surface area contributed by atoms with Crippen LogP contribution >= 0.6 is 0 Å². The van der Waals surface area contributed by atoms with Gasteiger partial charge in [-0.25, -0.2) is 4.79 Å². The molecule has 9 nitrogen and oxygen atoms in total. The summed E-state index contributed by atoms with van der Waals surface area (Å²) in [4.78, 5) is 37.7. The molecular weight excluding hydrogens is 1170 g/mol. The molecule has 0 aromatic heterocycles. The SMILES string of the molecule is CC/C=C\C/C=C\C/C=C\C/C=C\C/C=C\C/C=C\C/C=C\C/C=C\CCCCCCCCCCCCCCCCCCC(=O)OC(COC(=O)CCCCCCCCCCCCCCC/C=C\C/C=C\C/C=C\C/C=C\C/C=C\CC)COC(OCC[N+](C)(C)C)C(=O)O. The van der Waals surface area contributed by atoms with Gasteiger partial charge < -0.3 is 28.5 Å². The number of rotatable bonds is 70. The summed E-state index contributed by atoms with van der Waals surface area (Å²) in [6, 6.07) is 0. The monoisotopic (exact) mass is 1320 g/mol. The van der Waals surface area contributed by atoms with Crippen LogP contribution in [0.1, 0.15) is 309 Å². The number of ether oxygens (including phenoxy) is 4. The summed E-state index contributed by atoms with van der Waals surface area (Å²) in [7, 11) is 5.98. The Hall–Kier alpha value is -5.09. The highest BCUT2D eigenvalue weighted by atomic mass is 16.7. The number of quaternary nitrogens is 1. The van der Waals surface area contributed by atoms with E-state index < -0.39 is 24.3 Å². The Morgan fingerprint density at radius 1 is 0.316 bits per heavy atom. The summed E-state index contributed by atoms with van der Waals surface area (Å²) in [5.74, 6) is -2.00. The second-order valence-electron chi connectivity index (χ2n) is 26.6. The zero-order valence-corrected chi connectivity index (χ0v) is 61.8. The van der Waals surface area contributed by atoms with Crippen molar-refractivity contribution in [2.24, 2.45) is 0 Å². The van der Waals surface area contributed by atoms with Gasteiger partial charge in [0, 0.05) is 12.8 Å². The van der Waals surface area contributed by atoms with Crippen molar-refractivity contribution < 1.29 is 42.9 Å². The number of carboxylic acid groups (broad SMARTS) is 1. The molecule has 9 heteroatoms. The molecule has 1 N–H and O–H groups in total. The molecule has 0 rings (SSSR count). The summed E-state index contributed by atoms with van der Waals surface area (Å²) in [5.41, 5.74) is 0. The van der Waals surface area contributed by atoms with Crippen LogP contribution in [0.5, 0.6) is 0 Å². The molecule has 0 radical (unpaired) electrons. The third kappa shape index (κ3) is 76.1. The molecule has 0 aliphatic rings. The topological polar surface area (TPSA) is 108 Å². The minimum Gasteiger partial charge on any atom is -0.477 e. The number of nitrogens with zero attached hydrogens (tertiary/aromatic N) is 1. The number of aliphatic carboxylic acids is 1. The van der Waals surface area contributed by atoms with Crippen LogP contribution in [0.3, 0.4) is 0 Å². The summed E-state index contributed by atoms with van der Waals surface area (Å²) in [6.07, 6.45) is 108. The second kappa shape index (κ2) is 74.7. The van der Waals surface area contributed by atoms with Gasteiger partial charge in [-0.3, -0.25) is 9.59 Å². The zero-order chi connectivity index (χ0) is 69.0. The van der Waals surface area contributed by atoms with Crippen LogP contribution in [0.4, 0.5) is 0 Å². The van der Waals surface area contributed by atoms with Gasteiger partial charge in [-0.1, -0.05) is 332 Å². The van der Waals surface area contributed by atoms with Crippen molar-refractivity contribution in [3.05, 3.63) is 158 Å². The van der Waals surface area contributed by atoms with Gasteiger partial charge in [0.05, 0.1) is 34.4 Å². The molecule has 0 amide bonds. The molecule has 0 aromatic rings. The minimum absolute atomic E-state index is 0.182. The fourth-order valence-corrected chi connectivity index (χ4v) is 10.5. The first-order valence-corrected chi connectivity index (χ1v) is 38.6. The Morgan fingerprint density at radius 3 is 0.842 bits per heavy atom. The average molecular weight is 1320 g/mol. The molecular formula is C86H144NO8+. The van der Waals surface area contributed by atoms with E-state index in [-0.39, 0.29) is 32.2 Å². The first-order chi connectivity index (χ1) is 46.6. The Kier molecular flexibility index (Phi) is 70.7. The number of carbonyl (C=O) groups excluding carboxylic acids is 2. The van der Waals surface area contributed by atoms with Crippen molar-refractivity contribution >= 4 is 17.9 Å². The highest BCUT2D eigenvalue weighted by Crippen LogP contribution is 2.18. The molecule has 0 heterocycles. The maximum absolute atomic E-state index is 13.0. The Balaban J connectivity index is 4.07. The molecule has 0 spiro atoms. The van der Waals surface area contributed by atoms with Crippen LogP contribution in [0.25, 0.3) is 0 Å². The maximum atomic E-state index is 13.0. The zero-order valence-electron chi connectivity index (χ0n) is 61.8. The van der Waals surface area contributed by atoms with Crippen LogP contribution in [0.15, 0.2) is 158 Å². The third-order valence-electron chi connectivity index (χ3n) is 16.3. The van der Waals surface area contributed by atoms with Crippen molar-refractivity contribution in [2.75, 3.05) is 47.5 Å². The average Bonchev–Trinajstić information content (AvgIpc) is 3.54. The number of likely N-dealkylation sites (N-methyl/N-ethyl adjacent to an activating group) is 1. The fourth-order valence-electron chi connectivity index (χ4n) is 10.5. The van der Waals surface area contributed by atoms with Gasteiger partial charge in [0.2, 0.25) is 0 Å². The van der Waals surface area contributed by atoms with Gasteiger partial charge in [0.1, 0.15) is 13.2 Å². The number of unbranched alkanes of at least 4 members (excludes halogenated alkanes) is 29. The predicted molar refractivity (Wildman–Crippen MR) is 410 cm³/mol. The van der Waals surface area contributed by atoms with Crippen LogP contribution in [0.2, 0.25) is 0 Å². The lowest BCUT2D eigenvalue weighted by molar-refractivity contribution is -0.870. The molecule has 0 bridgehead atoms. The molecule has 0 fully saturated rings. The van der Waals surface area contributed by atoms with E-state index in [2.05, 4.69) is 172 Å². The second-order valence-corrected chi connectivity index (χ2v) is 26.6. The van der Waals surface area contributed by atoms with Gasteiger partial charge in [-0.2, -0.15) is 0 Å². The first-order valence-electron chi connectivity index (χ1n) is 38.6. The van der Waals surface area contributed by atoms with Crippen molar-refractivity contribution in [1.29, 1.82) is 0 Å². The van der Waals surface area contributed by atoms with Gasteiger partial charge in [0.25, 0.3) is 6.29 Å². The van der Waals surface area contributed by atoms with Crippen LogP contribution < -0.4 is 0 Å². The van der Waals surface area contributed by atoms with Gasteiger partial charge in [-0.05, 0) is 122 Å². The molecule has 95 heavy (non-hydrogen) atoms. The minimum atomic E-state index is -1.52. The van der Waals surface area contributed by atoms with Crippen LogP contribution in [0, 0.1) is 0 Å². The molecule has 540 valence electrons. The number of carbonyl (C=O) groups is 3. The normalized spacial score (nSPS) is 13.6. The summed E-state index contributed by atoms with van der Waals surface area (Å²) >= 11 is 0. The summed E-state index contributed by atoms with van der Waals surface area (Å²) < 4.78 is 23.0. The smallest absolute Gasteiger partial charge is 0.361 e. The molecule has 0 aliphatic heterocycles. The van der Waals surface area contributed by atoms with E-state index in [4.69, 9.17) is 18.9 Å². The largest absolute Gasteiger partial charge is 0.477 e.